The number of halogens is 1. The van der Waals surface area contributed by atoms with Crippen LogP contribution in [0.25, 0.3) is 0 Å². The van der Waals surface area contributed by atoms with Gasteiger partial charge >= 0.3 is 6.03 Å². The Kier molecular flexibility index (Phi) is 6.85. The molecule has 0 radical (unpaired) electrons. The van der Waals surface area contributed by atoms with Gasteiger partial charge in [-0.3, -0.25) is 4.79 Å². The third-order valence-corrected chi connectivity index (χ3v) is 6.65. The van der Waals surface area contributed by atoms with E-state index in [9.17, 15) is 19.1 Å². The van der Waals surface area contributed by atoms with E-state index < -0.39 is 18.0 Å². The molecule has 35 heavy (non-hydrogen) atoms. The topological polar surface area (TPSA) is 109 Å². The lowest BCUT2D eigenvalue weighted by Crippen LogP contribution is -2.48. The zero-order valence-corrected chi connectivity index (χ0v) is 19.1. The molecule has 186 valence electrons. The smallest absolute Gasteiger partial charge is 0.323 e. The van der Waals surface area contributed by atoms with E-state index in [4.69, 9.17) is 14.2 Å². The maximum absolute atomic E-state index is 13.8. The monoisotopic (exact) mass is 485 g/mol. The number of amides is 3. The predicted octanol–water partition coefficient (Wildman–Crippen LogP) is 2.71. The zero-order chi connectivity index (χ0) is 24.4. The van der Waals surface area contributed by atoms with Gasteiger partial charge < -0.3 is 34.9 Å². The number of aliphatic hydroxyl groups is 1. The van der Waals surface area contributed by atoms with Crippen LogP contribution in [0.1, 0.15) is 24.3 Å². The van der Waals surface area contributed by atoms with E-state index in [0.29, 0.717) is 44.2 Å². The Morgan fingerprint density at radius 3 is 2.69 bits per heavy atom. The third kappa shape index (κ3) is 5.09. The summed E-state index contributed by atoms with van der Waals surface area (Å²) in [4.78, 5) is 27.0. The van der Waals surface area contributed by atoms with Gasteiger partial charge in [-0.1, -0.05) is 12.1 Å². The van der Waals surface area contributed by atoms with Crippen LogP contribution in [-0.4, -0.2) is 73.2 Å². The number of benzene rings is 2. The van der Waals surface area contributed by atoms with Crippen molar-refractivity contribution in [2.45, 2.75) is 37.1 Å². The standard InChI is InChI=1S/C25H28FN3O6/c26-19-3-1-2-4-20(19)28-25(32)27-15-5-6-21-17(11-15)18-12-16(34-22(14-30)24(18)35-21)13-23(31)29-7-9-33-10-8-29/h1-6,11,16,18,22,24,30H,7-10,12-14H2,(H2,27,28,32)/t16-,18-,22-,24+/m1/s1. The minimum absolute atomic E-state index is 0.00723. The van der Waals surface area contributed by atoms with Crippen molar-refractivity contribution in [2.24, 2.45) is 0 Å². The van der Waals surface area contributed by atoms with Gasteiger partial charge in [-0.25, -0.2) is 9.18 Å². The molecule has 2 fully saturated rings. The lowest BCUT2D eigenvalue weighted by atomic mass is 9.84. The van der Waals surface area contributed by atoms with Crippen molar-refractivity contribution in [3.63, 3.8) is 0 Å². The Bertz CT molecular complexity index is 1090. The quantitative estimate of drug-likeness (QED) is 0.601. The highest BCUT2D eigenvalue weighted by atomic mass is 19.1. The fraction of sp³-hybridized carbons (Fsp3) is 0.440. The number of ether oxygens (including phenoxy) is 3. The number of urea groups is 1. The van der Waals surface area contributed by atoms with Gasteiger partial charge in [0.2, 0.25) is 5.91 Å². The van der Waals surface area contributed by atoms with Gasteiger partial charge in [-0.15, -0.1) is 0 Å². The maximum atomic E-state index is 13.8. The Labute approximate surface area is 202 Å². The first-order valence-corrected chi connectivity index (χ1v) is 11.8. The summed E-state index contributed by atoms with van der Waals surface area (Å²) in [6.45, 7) is 1.97. The molecule has 0 aliphatic carbocycles. The highest BCUT2D eigenvalue weighted by Gasteiger charge is 2.46. The molecule has 4 atom stereocenters. The molecule has 0 bridgehead atoms. The molecule has 0 aromatic heterocycles. The molecule has 5 rings (SSSR count). The zero-order valence-electron chi connectivity index (χ0n) is 19.1. The largest absolute Gasteiger partial charge is 0.487 e. The molecule has 3 aliphatic rings. The van der Waals surface area contributed by atoms with Gasteiger partial charge in [0.1, 0.15) is 23.8 Å². The highest BCUT2D eigenvalue weighted by Crippen LogP contribution is 2.47. The number of hydrogen-bond acceptors (Lipinski definition) is 6. The molecule has 3 amide bonds. The summed E-state index contributed by atoms with van der Waals surface area (Å²) >= 11 is 0. The van der Waals surface area contributed by atoms with Crippen LogP contribution >= 0.6 is 0 Å². The number of anilines is 2. The molecule has 3 aliphatic heterocycles. The Hall–Kier alpha value is -3.21. The molecule has 2 aromatic carbocycles. The number of fused-ring (bicyclic) bond motifs is 3. The molecule has 9 nitrogen and oxygen atoms in total. The lowest BCUT2D eigenvalue weighted by molar-refractivity contribution is -0.151. The summed E-state index contributed by atoms with van der Waals surface area (Å²) in [5.41, 5.74) is 1.48. The fourth-order valence-electron chi connectivity index (χ4n) is 4.95. The lowest BCUT2D eigenvalue weighted by Gasteiger charge is -2.38. The van der Waals surface area contributed by atoms with E-state index in [0.717, 1.165) is 5.56 Å². The summed E-state index contributed by atoms with van der Waals surface area (Å²) in [7, 11) is 0. The number of hydrogen-bond donors (Lipinski definition) is 3. The molecule has 0 spiro atoms. The van der Waals surface area contributed by atoms with Crippen molar-refractivity contribution < 1.29 is 33.3 Å². The molecule has 3 heterocycles. The second-order valence-electron chi connectivity index (χ2n) is 8.91. The minimum Gasteiger partial charge on any atom is -0.487 e. The van der Waals surface area contributed by atoms with Crippen molar-refractivity contribution in [3.8, 4) is 5.75 Å². The van der Waals surface area contributed by atoms with E-state index in [-0.39, 0.29) is 42.7 Å². The minimum atomic E-state index is -0.570. The number of nitrogens with one attached hydrogen (secondary N) is 2. The van der Waals surface area contributed by atoms with Crippen LogP contribution in [0.3, 0.4) is 0 Å². The van der Waals surface area contributed by atoms with E-state index >= 15 is 0 Å². The van der Waals surface area contributed by atoms with Crippen molar-refractivity contribution in [1.82, 2.24) is 4.90 Å². The molecule has 2 aromatic rings. The molecular formula is C25H28FN3O6. The summed E-state index contributed by atoms with van der Waals surface area (Å²) in [5.74, 6) is 0.0348. The molecule has 10 heteroatoms. The highest BCUT2D eigenvalue weighted by molar-refractivity contribution is 5.99. The van der Waals surface area contributed by atoms with Gasteiger partial charge in [0.15, 0.2) is 0 Å². The van der Waals surface area contributed by atoms with Crippen LogP contribution in [0, 0.1) is 5.82 Å². The van der Waals surface area contributed by atoms with Gasteiger partial charge in [0, 0.05) is 30.3 Å². The van der Waals surface area contributed by atoms with Gasteiger partial charge in [-0.2, -0.15) is 0 Å². The fourth-order valence-corrected chi connectivity index (χ4v) is 4.95. The number of nitrogens with zero attached hydrogens (tertiary/aromatic N) is 1. The van der Waals surface area contributed by atoms with Gasteiger partial charge in [0.05, 0.1) is 38.0 Å². The SMILES string of the molecule is O=C(Nc1ccc2c(c1)[C@H]1C[C@H](CC(=O)N3CCOCC3)O[C@H](CO)[C@H]1O2)Nc1ccccc1F. The van der Waals surface area contributed by atoms with E-state index in [1.807, 2.05) is 6.07 Å². The number of aliphatic hydroxyl groups excluding tert-OH is 1. The number of rotatable bonds is 5. The first kappa shape index (κ1) is 23.5. The summed E-state index contributed by atoms with van der Waals surface area (Å²) < 4.78 is 31.3. The number of para-hydroxylation sites is 1. The van der Waals surface area contributed by atoms with Crippen LogP contribution in [-0.2, 0) is 14.3 Å². The average molecular weight is 486 g/mol. The van der Waals surface area contributed by atoms with Crippen molar-refractivity contribution >= 4 is 23.3 Å². The number of morpholine rings is 1. The van der Waals surface area contributed by atoms with Crippen molar-refractivity contribution in [2.75, 3.05) is 43.5 Å². The van der Waals surface area contributed by atoms with Gasteiger partial charge in [0.25, 0.3) is 0 Å². The molecule has 0 unspecified atom stereocenters. The van der Waals surface area contributed by atoms with Crippen molar-refractivity contribution in [3.05, 3.63) is 53.8 Å². The first-order valence-electron chi connectivity index (χ1n) is 11.8. The van der Waals surface area contributed by atoms with Crippen LogP contribution in [0.5, 0.6) is 5.75 Å². The predicted molar refractivity (Wildman–Crippen MR) is 125 cm³/mol. The molecule has 3 N–H and O–H groups in total. The summed E-state index contributed by atoms with van der Waals surface area (Å²) in [6, 6.07) is 10.6. The number of carbonyl (C=O) groups is 2. The average Bonchev–Trinajstić information content (AvgIpc) is 3.23. The van der Waals surface area contributed by atoms with Crippen LogP contribution < -0.4 is 15.4 Å². The Morgan fingerprint density at radius 1 is 1.11 bits per heavy atom. The summed E-state index contributed by atoms with van der Waals surface area (Å²) in [6.07, 6.45) is -0.538. The normalized spacial score (nSPS) is 25.3. The molecule has 2 saturated heterocycles. The Morgan fingerprint density at radius 2 is 1.91 bits per heavy atom. The number of carbonyl (C=O) groups excluding carboxylic acids is 2. The Balaban J connectivity index is 1.28. The van der Waals surface area contributed by atoms with Gasteiger partial charge in [-0.05, 0) is 36.8 Å². The first-order chi connectivity index (χ1) is 17.0. The van der Waals surface area contributed by atoms with Crippen LogP contribution in [0.2, 0.25) is 0 Å². The third-order valence-electron chi connectivity index (χ3n) is 6.65. The van der Waals surface area contributed by atoms with E-state index in [1.165, 1.54) is 12.1 Å². The second kappa shape index (κ2) is 10.2. The van der Waals surface area contributed by atoms with E-state index in [1.54, 1.807) is 29.2 Å². The van der Waals surface area contributed by atoms with Crippen molar-refractivity contribution in [1.29, 1.82) is 0 Å². The van der Waals surface area contributed by atoms with E-state index in [2.05, 4.69) is 10.6 Å². The second-order valence-corrected chi connectivity index (χ2v) is 8.91. The van der Waals surface area contributed by atoms with Crippen LogP contribution in [0.15, 0.2) is 42.5 Å². The molecule has 0 saturated carbocycles. The molecular weight excluding hydrogens is 457 g/mol. The summed E-state index contributed by atoms with van der Waals surface area (Å²) in [5, 5.41) is 15.2. The van der Waals surface area contributed by atoms with Crippen LogP contribution in [0.4, 0.5) is 20.6 Å². The maximum Gasteiger partial charge on any atom is 0.323 e.